The summed E-state index contributed by atoms with van der Waals surface area (Å²) >= 11 is 0. The average molecular weight is 246 g/mol. The van der Waals surface area contributed by atoms with Crippen LogP contribution >= 0.6 is 0 Å². The van der Waals surface area contributed by atoms with Crippen LogP contribution < -0.4 is 10.6 Å². The molecule has 0 saturated carbocycles. The quantitative estimate of drug-likeness (QED) is 0.823. The molecule has 2 aliphatic rings. The van der Waals surface area contributed by atoms with Gasteiger partial charge in [0, 0.05) is 31.9 Å². The molecule has 1 aromatic heterocycles. The molecule has 0 aromatic carbocycles. The Kier molecular flexibility index (Phi) is 2.91. The number of pyridine rings is 1. The number of hydrogen-bond donors (Lipinski definition) is 1. The fourth-order valence-corrected chi connectivity index (χ4v) is 3.02. The first-order valence-corrected chi connectivity index (χ1v) is 6.49. The summed E-state index contributed by atoms with van der Waals surface area (Å²) in [6.45, 7) is 4.15. The van der Waals surface area contributed by atoms with Gasteiger partial charge in [-0.2, -0.15) is 0 Å². The van der Waals surface area contributed by atoms with E-state index in [2.05, 4.69) is 14.8 Å². The molecule has 3 heterocycles. The minimum Gasteiger partial charge on any atom is -0.365 e. The van der Waals surface area contributed by atoms with Crippen LogP contribution in [0.1, 0.15) is 23.2 Å². The molecule has 2 N–H and O–H groups in total. The predicted molar refractivity (Wildman–Crippen MR) is 69.6 cm³/mol. The van der Waals surface area contributed by atoms with Gasteiger partial charge >= 0.3 is 0 Å². The van der Waals surface area contributed by atoms with Crippen molar-refractivity contribution in [2.45, 2.75) is 18.9 Å². The maximum atomic E-state index is 11.4. The van der Waals surface area contributed by atoms with E-state index in [0.29, 0.717) is 11.6 Å². The smallest absolute Gasteiger partial charge is 0.252 e. The molecule has 2 fully saturated rings. The first-order valence-electron chi connectivity index (χ1n) is 6.49. The lowest BCUT2D eigenvalue weighted by atomic mass is 10.1. The summed E-state index contributed by atoms with van der Waals surface area (Å²) in [5.41, 5.74) is 5.94. The van der Waals surface area contributed by atoms with Gasteiger partial charge < -0.3 is 10.6 Å². The third-order valence-electron chi connectivity index (χ3n) is 3.94. The Hall–Kier alpha value is -1.62. The Balaban J connectivity index is 1.85. The molecule has 0 bridgehead atoms. The SMILES string of the molecule is NC(=O)c1cccnc1N1CCN2CCCC2C1. The van der Waals surface area contributed by atoms with E-state index in [-0.39, 0.29) is 0 Å². The van der Waals surface area contributed by atoms with Crippen molar-refractivity contribution >= 4 is 11.7 Å². The van der Waals surface area contributed by atoms with E-state index >= 15 is 0 Å². The first-order chi connectivity index (χ1) is 8.75. The van der Waals surface area contributed by atoms with E-state index in [9.17, 15) is 4.79 Å². The summed E-state index contributed by atoms with van der Waals surface area (Å²) in [5, 5.41) is 0. The van der Waals surface area contributed by atoms with Crippen molar-refractivity contribution in [3.63, 3.8) is 0 Å². The van der Waals surface area contributed by atoms with Crippen molar-refractivity contribution in [1.29, 1.82) is 0 Å². The number of carbonyl (C=O) groups is 1. The number of primary amides is 1. The van der Waals surface area contributed by atoms with Gasteiger partial charge in [0.15, 0.2) is 0 Å². The Morgan fingerprint density at radius 3 is 3.11 bits per heavy atom. The highest BCUT2D eigenvalue weighted by Gasteiger charge is 2.32. The lowest BCUT2D eigenvalue weighted by molar-refractivity contribution is 0.1000. The summed E-state index contributed by atoms with van der Waals surface area (Å²) < 4.78 is 0. The topological polar surface area (TPSA) is 62.5 Å². The monoisotopic (exact) mass is 246 g/mol. The molecule has 2 saturated heterocycles. The summed E-state index contributed by atoms with van der Waals surface area (Å²) in [6.07, 6.45) is 4.25. The number of aromatic nitrogens is 1. The summed E-state index contributed by atoms with van der Waals surface area (Å²) in [6, 6.07) is 4.13. The van der Waals surface area contributed by atoms with Crippen molar-refractivity contribution in [2.24, 2.45) is 5.73 Å². The molecule has 1 aromatic rings. The number of hydrogen-bond acceptors (Lipinski definition) is 4. The Morgan fingerprint density at radius 2 is 2.28 bits per heavy atom. The van der Waals surface area contributed by atoms with Crippen LogP contribution in [0.25, 0.3) is 0 Å². The van der Waals surface area contributed by atoms with Gasteiger partial charge in [-0.05, 0) is 31.5 Å². The number of piperazine rings is 1. The van der Waals surface area contributed by atoms with Crippen LogP contribution in [0.5, 0.6) is 0 Å². The maximum Gasteiger partial charge on any atom is 0.252 e. The molecule has 3 rings (SSSR count). The van der Waals surface area contributed by atoms with E-state index in [1.54, 1.807) is 18.3 Å². The molecule has 0 aliphatic carbocycles. The highest BCUT2D eigenvalue weighted by atomic mass is 16.1. The van der Waals surface area contributed by atoms with E-state index in [1.807, 2.05) is 0 Å². The van der Waals surface area contributed by atoms with Gasteiger partial charge in [-0.25, -0.2) is 4.98 Å². The Labute approximate surface area is 107 Å². The molecular weight excluding hydrogens is 228 g/mol. The van der Waals surface area contributed by atoms with E-state index < -0.39 is 5.91 Å². The zero-order valence-corrected chi connectivity index (χ0v) is 10.4. The highest BCUT2D eigenvalue weighted by Crippen LogP contribution is 2.25. The molecule has 5 heteroatoms. The Bertz CT molecular complexity index is 462. The molecule has 0 radical (unpaired) electrons. The lowest BCUT2D eigenvalue weighted by Crippen LogP contribution is -2.50. The largest absolute Gasteiger partial charge is 0.365 e. The number of fused-ring (bicyclic) bond motifs is 1. The van der Waals surface area contributed by atoms with Crippen molar-refractivity contribution in [1.82, 2.24) is 9.88 Å². The van der Waals surface area contributed by atoms with Crippen molar-refractivity contribution in [3.05, 3.63) is 23.9 Å². The third-order valence-corrected chi connectivity index (χ3v) is 3.94. The number of rotatable bonds is 2. The summed E-state index contributed by atoms with van der Waals surface area (Å²) in [5.74, 6) is 0.350. The second-order valence-electron chi connectivity index (χ2n) is 5.02. The molecule has 5 nitrogen and oxygen atoms in total. The van der Waals surface area contributed by atoms with Gasteiger partial charge in [-0.15, -0.1) is 0 Å². The highest BCUT2D eigenvalue weighted by molar-refractivity contribution is 5.97. The molecule has 1 atom stereocenters. The van der Waals surface area contributed by atoms with Crippen LogP contribution in [0.15, 0.2) is 18.3 Å². The van der Waals surface area contributed by atoms with Gasteiger partial charge in [-0.1, -0.05) is 0 Å². The number of amides is 1. The van der Waals surface area contributed by atoms with Gasteiger partial charge in [0.05, 0.1) is 5.56 Å². The molecule has 0 spiro atoms. The van der Waals surface area contributed by atoms with Crippen molar-refractivity contribution < 1.29 is 4.79 Å². The maximum absolute atomic E-state index is 11.4. The van der Waals surface area contributed by atoms with Crippen LogP contribution in [-0.4, -0.2) is 48.0 Å². The minimum atomic E-state index is -0.396. The van der Waals surface area contributed by atoms with E-state index in [4.69, 9.17) is 5.73 Å². The van der Waals surface area contributed by atoms with Gasteiger partial charge in [0.25, 0.3) is 5.91 Å². The van der Waals surface area contributed by atoms with Crippen LogP contribution in [0.3, 0.4) is 0 Å². The lowest BCUT2D eigenvalue weighted by Gasteiger charge is -2.38. The normalized spacial score (nSPS) is 24.0. The van der Waals surface area contributed by atoms with Crippen molar-refractivity contribution in [2.75, 3.05) is 31.1 Å². The summed E-state index contributed by atoms with van der Waals surface area (Å²) in [4.78, 5) is 20.5. The van der Waals surface area contributed by atoms with Crippen LogP contribution in [-0.2, 0) is 0 Å². The molecule has 1 amide bonds. The zero-order chi connectivity index (χ0) is 12.5. The fraction of sp³-hybridized carbons (Fsp3) is 0.538. The molecule has 18 heavy (non-hydrogen) atoms. The number of anilines is 1. The number of nitrogens with zero attached hydrogens (tertiary/aromatic N) is 3. The number of carbonyl (C=O) groups excluding carboxylic acids is 1. The average Bonchev–Trinajstić information content (AvgIpc) is 2.85. The van der Waals surface area contributed by atoms with Crippen LogP contribution in [0.2, 0.25) is 0 Å². The predicted octanol–water partition coefficient (Wildman–Crippen LogP) is 0.465. The first kappa shape index (κ1) is 11.5. The summed E-state index contributed by atoms with van der Waals surface area (Å²) in [7, 11) is 0. The molecule has 96 valence electrons. The number of nitrogens with two attached hydrogens (primary N) is 1. The van der Waals surface area contributed by atoms with Gasteiger partial charge in [-0.3, -0.25) is 9.69 Å². The second-order valence-corrected chi connectivity index (χ2v) is 5.02. The van der Waals surface area contributed by atoms with Crippen molar-refractivity contribution in [3.8, 4) is 0 Å². The molecule has 2 aliphatic heterocycles. The minimum absolute atomic E-state index is 0.396. The van der Waals surface area contributed by atoms with E-state index in [1.165, 1.54) is 19.4 Å². The zero-order valence-electron chi connectivity index (χ0n) is 10.4. The van der Waals surface area contributed by atoms with Gasteiger partial charge in [0.2, 0.25) is 0 Å². The third kappa shape index (κ3) is 1.95. The molecule has 1 unspecified atom stereocenters. The fourth-order valence-electron chi connectivity index (χ4n) is 3.02. The van der Waals surface area contributed by atoms with Crippen LogP contribution in [0, 0.1) is 0 Å². The van der Waals surface area contributed by atoms with Crippen LogP contribution in [0.4, 0.5) is 5.82 Å². The van der Waals surface area contributed by atoms with E-state index in [0.717, 1.165) is 25.5 Å². The molecular formula is C13H18N4O. The second kappa shape index (κ2) is 4.57. The standard InChI is InChI=1S/C13H18N4O/c14-12(18)11-4-1-5-15-13(11)17-8-7-16-6-2-3-10(16)9-17/h1,4-5,10H,2-3,6-9H2,(H2,14,18). The van der Waals surface area contributed by atoms with Gasteiger partial charge in [0.1, 0.15) is 5.82 Å². The Morgan fingerprint density at radius 1 is 1.39 bits per heavy atom.